The van der Waals surface area contributed by atoms with Gasteiger partial charge in [0.25, 0.3) is 0 Å². The van der Waals surface area contributed by atoms with Crippen molar-refractivity contribution in [1.82, 2.24) is 0 Å². The summed E-state index contributed by atoms with van der Waals surface area (Å²) in [6.45, 7) is 0. The van der Waals surface area contributed by atoms with E-state index in [4.69, 9.17) is 0 Å². The molecule has 0 saturated carbocycles. The molecule has 0 atom stereocenters. The molecule has 1 aromatic carbocycles. The zero-order valence-electron chi connectivity index (χ0n) is 7.93. The lowest BCUT2D eigenvalue weighted by Crippen LogP contribution is -1.93. The summed E-state index contributed by atoms with van der Waals surface area (Å²) in [6, 6.07) is 7.17. The summed E-state index contributed by atoms with van der Waals surface area (Å²) in [4.78, 5) is 0. The summed E-state index contributed by atoms with van der Waals surface area (Å²) >= 11 is 3.30. The number of halogens is 3. The molecule has 78 valence electrons. The van der Waals surface area contributed by atoms with Gasteiger partial charge in [0.05, 0.1) is 0 Å². The van der Waals surface area contributed by atoms with E-state index in [0.717, 1.165) is 4.47 Å². The fourth-order valence-electron chi connectivity index (χ4n) is 1.54. The highest BCUT2D eigenvalue weighted by atomic mass is 79.9. The lowest BCUT2D eigenvalue weighted by molar-refractivity contribution is 0.529. The minimum absolute atomic E-state index is 0.160. The quantitative estimate of drug-likeness (QED) is 0.689. The predicted octanol–water partition coefficient (Wildman–Crippen LogP) is 4.78. The zero-order chi connectivity index (χ0) is 10.8. The van der Waals surface area contributed by atoms with E-state index < -0.39 is 0 Å². The van der Waals surface area contributed by atoms with Crippen LogP contribution in [0.4, 0.5) is 8.78 Å². The second-order valence-electron chi connectivity index (χ2n) is 3.42. The minimum atomic E-state index is -0.255. The highest BCUT2D eigenvalue weighted by Crippen LogP contribution is 2.32. The van der Waals surface area contributed by atoms with Crippen molar-refractivity contribution in [1.29, 1.82) is 0 Å². The zero-order valence-corrected chi connectivity index (χ0v) is 9.52. The van der Waals surface area contributed by atoms with Gasteiger partial charge in [0, 0.05) is 22.9 Å². The second kappa shape index (κ2) is 4.27. The van der Waals surface area contributed by atoms with Crippen molar-refractivity contribution < 1.29 is 8.78 Å². The van der Waals surface area contributed by atoms with E-state index in [0.29, 0.717) is 11.1 Å². The summed E-state index contributed by atoms with van der Waals surface area (Å²) in [7, 11) is 0. The van der Waals surface area contributed by atoms with Crippen LogP contribution in [0.2, 0.25) is 0 Å². The third-order valence-electron chi connectivity index (χ3n) is 2.33. The molecule has 0 bridgehead atoms. The molecule has 1 aromatic rings. The van der Waals surface area contributed by atoms with Gasteiger partial charge in [-0.3, -0.25) is 0 Å². The van der Waals surface area contributed by atoms with Crippen molar-refractivity contribution in [3.63, 3.8) is 0 Å². The Morgan fingerprint density at radius 1 is 1.00 bits per heavy atom. The molecule has 3 heteroatoms. The Balaban J connectivity index is 2.42. The fourth-order valence-corrected chi connectivity index (χ4v) is 1.80. The molecule has 0 aliphatic heterocycles. The van der Waals surface area contributed by atoms with E-state index in [1.807, 2.05) is 12.1 Å². The Kier molecular flexibility index (Phi) is 3.00. The maximum absolute atomic E-state index is 13.5. The van der Waals surface area contributed by atoms with Crippen LogP contribution < -0.4 is 0 Å². The van der Waals surface area contributed by atoms with Crippen molar-refractivity contribution in [3.05, 3.63) is 52.0 Å². The van der Waals surface area contributed by atoms with Gasteiger partial charge >= 0.3 is 0 Å². The van der Waals surface area contributed by atoms with Crippen LogP contribution in [0.25, 0.3) is 5.57 Å². The molecule has 0 N–H and O–H groups in total. The highest BCUT2D eigenvalue weighted by molar-refractivity contribution is 9.10. The van der Waals surface area contributed by atoms with Crippen LogP contribution in [0.3, 0.4) is 0 Å². The van der Waals surface area contributed by atoms with Gasteiger partial charge in [0.15, 0.2) is 0 Å². The monoisotopic (exact) mass is 270 g/mol. The lowest BCUT2D eigenvalue weighted by atomic mass is 9.98. The number of hydrogen-bond acceptors (Lipinski definition) is 0. The summed E-state index contributed by atoms with van der Waals surface area (Å²) < 4.78 is 27.4. The van der Waals surface area contributed by atoms with Crippen LogP contribution in [0.1, 0.15) is 18.4 Å². The number of rotatable bonds is 1. The van der Waals surface area contributed by atoms with Crippen LogP contribution in [0.5, 0.6) is 0 Å². The average Bonchev–Trinajstić information content (AvgIpc) is 2.23. The molecule has 0 saturated heterocycles. The molecule has 2 rings (SSSR count). The fraction of sp³-hybridized carbons (Fsp3) is 0.167. The van der Waals surface area contributed by atoms with E-state index >= 15 is 0 Å². The highest BCUT2D eigenvalue weighted by Gasteiger charge is 2.14. The molecule has 0 aromatic heterocycles. The first kappa shape index (κ1) is 10.6. The van der Waals surface area contributed by atoms with Crippen molar-refractivity contribution >= 4 is 21.5 Å². The predicted molar refractivity (Wildman–Crippen MR) is 60.6 cm³/mol. The number of hydrogen-bond donors (Lipinski definition) is 0. The molecule has 1 aliphatic rings. The van der Waals surface area contributed by atoms with Crippen LogP contribution >= 0.6 is 15.9 Å². The third-order valence-corrected chi connectivity index (χ3v) is 2.86. The Hall–Kier alpha value is -0.960. The summed E-state index contributed by atoms with van der Waals surface area (Å²) in [5.74, 6) is -0.493. The van der Waals surface area contributed by atoms with Crippen LogP contribution in [-0.2, 0) is 0 Å². The van der Waals surface area contributed by atoms with Crippen LogP contribution in [0, 0.1) is 0 Å². The lowest BCUT2D eigenvalue weighted by Gasteiger charge is -2.11. The van der Waals surface area contributed by atoms with Gasteiger partial charge in [-0.2, -0.15) is 0 Å². The van der Waals surface area contributed by atoms with Crippen LogP contribution in [-0.4, -0.2) is 0 Å². The van der Waals surface area contributed by atoms with Gasteiger partial charge in [0.1, 0.15) is 11.7 Å². The van der Waals surface area contributed by atoms with Crippen molar-refractivity contribution in [2.75, 3.05) is 0 Å². The number of benzene rings is 1. The molecule has 0 unspecified atom stereocenters. The molecule has 0 heterocycles. The van der Waals surface area contributed by atoms with Crippen molar-refractivity contribution in [2.24, 2.45) is 0 Å². The van der Waals surface area contributed by atoms with E-state index in [2.05, 4.69) is 15.9 Å². The van der Waals surface area contributed by atoms with Gasteiger partial charge in [-0.15, -0.1) is 0 Å². The van der Waals surface area contributed by atoms with E-state index in [-0.39, 0.29) is 24.5 Å². The maximum atomic E-state index is 13.5. The Bertz CT molecular complexity index is 429. The normalized spacial score (nSPS) is 16.6. The molecule has 0 nitrogen and oxygen atoms in total. The van der Waals surface area contributed by atoms with Gasteiger partial charge in [-0.05, 0) is 23.8 Å². The maximum Gasteiger partial charge on any atom is 0.108 e. The molecular formula is C12H9BrF2. The van der Waals surface area contributed by atoms with Crippen LogP contribution in [0.15, 0.2) is 46.5 Å². The smallest absolute Gasteiger partial charge is 0.108 e. The second-order valence-corrected chi connectivity index (χ2v) is 4.33. The molecule has 1 aliphatic carbocycles. The van der Waals surface area contributed by atoms with Gasteiger partial charge in [-0.1, -0.05) is 28.1 Å². The molecule has 0 fully saturated rings. The molecule has 0 spiro atoms. The third kappa shape index (κ3) is 2.34. The van der Waals surface area contributed by atoms with E-state index in [9.17, 15) is 8.78 Å². The summed E-state index contributed by atoms with van der Waals surface area (Å²) in [5.41, 5.74) is 1.08. The molecule has 0 amide bonds. The number of allylic oxidation sites excluding steroid dienone is 4. The summed E-state index contributed by atoms with van der Waals surface area (Å²) in [6.07, 6.45) is 1.61. The molecule has 15 heavy (non-hydrogen) atoms. The van der Waals surface area contributed by atoms with E-state index in [1.54, 1.807) is 12.1 Å². The standard InChI is InChI=1S/C12H9BrF2/c13-9-3-1-8(2-4-9)11-7-10(14)5-6-12(11)15/h1-4,7H,5-6H2. The topological polar surface area (TPSA) is 0 Å². The first-order valence-corrected chi connectivity index (χ1v) is 5.47. The average molecular weight is 271 g/mol. The molecular weight excluding hydrogens is 262 g/mol. The largest absolute Gasteiger partial charge is 0.212 e. The SMILES string of the molecule is FC1=CC(c2ccc(Br)cc2)=C(F)CC1. The first-order valence-electron chi connectivity index (χ1n) is 4.67. The van der Waals surface area contributed by atoms with Gasteiger partial charge in [-0.25, -0.2) is 8.78 Å². The van der Waals surface area contributed by atoms with Gasteiger partial charge in [0.2, 0.25) is 0 Å². The Labute approximate surface area is 95.4 Å². The van der Waals surface area contributed by atoms with E-state index in [1.165, 1.54) is 6.08 Å². The Morgan fingerprint density at radius 2 is 1.67 bits per heavy atom. The summed E-state index contributed by atoms with van der Waals surface area (Å²) in [5, 5.41) is 0. The van der Waals surface area contributed by atoms with Gasteiger partial charge < -0.3 is 0 Å². The Morgan fingerprint density at radius 3 is 2.33 bits per heavy atom. The first-order chi connectivity index (χ1) is 7.16. The van der Waals surface area contributed by atoms with Crippen molar-refractivity contribution in [3.8, 4) is 0 Å². The van der Waals surface area contributed by atoms with Crippen molar-refractivity contribution in [2.45, 2.75) is 12.8 Å². The minimum Gasteiger partial charge on any atom is -0.212 e. The molecule has 0 radical (unpaired) electrons.